The quantitative estimate of drug-likeness (QED) is 0.289. The largest absolute Gasteiger partial charge is 0.492 e. The zero-order chi connectivity index (χ0) is 18.6. The van der Waals surface area contributed by atoms with Crippen molar-refractivity contribution >= 4 is 41.7 Å². The number of hydrogen-bond acceptors (Lipinski definition) is 4. The summed E-state index contributed by atoms with van der Waals surface area (Å²) in [6, 6.07) is 8.24. The smallest absolute Gasteiger partial charge is 0.191 e. The van der Waals surface area contributed by atoms with Gasteiger partial charge in [0.25, 0.3) is 0 Å². The van der Waals surface area contributed by atoms with Crippen molar-refractivity contribution in [3.8, 4) is 5.75 Å². The predicted molar refractivity (Wildman–Crippen MR) is 129 cm³/mol. The SMILES string of the molecule is CCN(CC)CCOc1ccccc1CNC(=NC)NCC1CCCS1.I. The van der Waals surface area contributed by atoms with Crippen molar-refractivity contribution in [3.63, 3.8) is 0 Å². The van der Waals surface area contributed by atoms with E-state index in [4.69, 9.17) is 4.74 Å². The highest BCUT2D eigenvalue weighted by Crippen LogP contribution is 2.25. The first-order valence-electron chi connectivity index (χ1n) is 9.76. The average Bonchev–Trinajstić information content (AvgIpc) is 3.20. The second-order valence-corrected chi connectivity index (χ2v) is 7.83. The second-order valence-electron chi connectivity index (χ2n) is 6.42. The Labute approximate surface area is 186 Å². The highest BCUT2D eigenvalue weighted by atomic mass is 127. The van der Waals surface area contributed by atoms with Crippen LogP contribution >= 0.6 is 35.7 Å². The predicted octanol–water partition coefficient (Wildman–Crippen LogP) is 3.59. The number of aliphatic imine (C=N–C) groups is 1. The Kier molecular flexibility index (Phi) is 12.9. The van der Waals surface area contributed by atoms with Crippen molar-refractivity contribution in [3.05, 3.63) is 29.8 Å². The molecular formula is C20H35IN4OS. The van der Waals surface area contributed by atoms with Crippen molar-refractivity contribution in [1.29, 1.82) is 0 Å². The first-order chi connectivity index (χ1) is 12.8. The molecule has 0 radical (unpaired) electrons. The van der Waals surface area contributed by atoms with Crippen LogP contribution in [-0.4, -0.2) is 61.7 Å². The Balaban J connectivity index is 0.00000364. The standard InChI is InChI=1S/C20H34N4OS.HI/c1-4-24(5-2)12-13-25-19-11-7-6-9-17(19)15-22-20(21-3)23-16-18-10-8-14-26-18;/h6-7,9,11,18H,4-5,8,10,12-16H2,1-3H3,(H2,21,22,23);1H. The van der Waals surface area contributed by atoms with Gasteiger partial charge in [0.2, 0.25) is 0 Å². The normalized spacial score (nSPS) is 16.9. The van der Waals surface area contributed by atoms with Gasteiger partial charge in [0.05, 0.1) is 0 Å². The molecule has 1 aromatic carbocycles. The van der Waals surface area contributed by atoms with Gasteiger partial charge in [-0.25, -0.2) is 0 Å². The Morgan fingerprint density at radius 3 is 2.70 bits per heavy atom. The molecule has 0 amide bonds. The molecule has 0 aliphatic carbocycles. The zero-order valence-electron chi connectivity index (χ0n) is 16.9. The minimum atomic E-state index is 0. The summed E-state index contributed by atoms with van der Waals surface area (Å²) < 4.78 is 6.03. The fourth-order valence-corrected chi connectivity index (χ4v) is 4.23. The van der Waals surface area contributed by atoms with Crippen LogP contribution in [0.3, 0.4) is 0 Å². The highest BCUT2D eigenvalue weighted by Gasteiger charge is 2.15. The molecule has 2 N–H and O–H groups in total. The number of hydrogen-bond donors (Lipinski definition) is 2. The zero-order valence-corrected chi connectivity index (χ0v) is 20.0. The van der Waals surface area contributed by atoms with Crippen LogP contribution < -0.4 is 15.4 Å². The van der Waals surface area contributed by atoms with Crippen LogP contribution in [0.15, 0.2) is 29.3 Å². The highest BCUT2D eigenvalue weighted by molar-refractivity contribution is 14.0. The maximum Gasteiger partial charge on any atom is 0.191 e. The molecule has 1 saturated heterocycles. The molecule has 27 heavy (non-hydrogen) atoms. The van der Waals surface area contributed by atoms with Gasteiger partial charge in [0.1, 0.15) is 12.4 Å². The van der Waals surface area contributed by atoms with Crippen LogP contribution in [0, 0.1) is 0 Å². The van der Waals surface area contributed by atoms with E-state index in [0.717, 1.165) is 43.5 Å². The molecule has 5 nitrogen and oxygen atoms in total. The third-order valence-corrected chi connectivity index (χ3v) is 6.12. The summed E-state index contributed by atoms with van der Waals surface area (Å²) in [4.78, 5) is 6.71. The summed E-state index contributed by atoms with van der Waals surface area (Å²) in [6.45, 7) is 9.84. The molecule has 2 rings (SSSR count). The Hall–Kier alpha value is -0.670. The van der Waals surface area contributed by atoms with Gasteiger partial charge < -0.3 is 20.3 Å². The van der Waals surface area contributed by atoms with E-state index in [1.54, 1.807) is 0 Å². The Morgan fingerprint density at radius 2 is 2.04 bits per heavy atom. The fraction of sp³-hybridized carbons (Fsp3) is 0.650. The van der Waals surface area contributed by atoms with Crippen LogP contribution in [-0.2, 0) is 6.54 Å². The van der Waals surface area contributed by atoms with Crippen molar-refractivity contribution in [2.45, 2.75) is 38.5 Å². The number of para-hydroxylation sites is 1. The number of rotatable bonds is 10. The van der Waals surface area contributed by atoms with E-state index < -0.39 is 0 Å². The fourth-order valence-electron chi connectivity index (χ4n) is 3.03. The maximum atomic E-state index is 6.03. The van der Waals surface area contributed by atoms with Gasteiger partial charge in [-0.1, -0.05) is 32.0 Å². The van der Waals surface area contributed by atoms with Gasteiger partial charge in [-0.15, -0.1) is 24.0 Å². The van der Waals surface area contributed by atoms with E-state index in [1.165, 1.54) is 18.6 Å². The molecule has 0 spiro atoms. The third-order valence-electron chi connectivity index (χ3n) is 4.72. The number of guanidine groups is 1. The summed E-state index contributed by atoms with van der Waals surface area (Å²) in [5.74, 6) is 3.10. The van der Waals surface area contributed by atoms with E-state index in [1.807, 2.05) is 19.2 Å². The van der Waals surface area contributed by atoms with Gasteiger partial charge in [0.15, 0.2) is 5.96 Å². The van der Waals surface area contributed by atoms with Crippen LogP contribution in [0.4, 0.5) is 0 Å². The molecule has 0 bridgehead atoms. The van der Waals surface area contributed by atoms with E-state index >= 15 is 0 Å². The minimum absolute atomic E-state index is 0. The summed E-state index contributed by atoms with van der Waals surface area (Å²) >= 11 is 2.06. The van der Waals surface area contributed by atoms with Gasteiger partial charge >= 0.3 is 0 Å². The van der Waals surface area contributed by atoms with Crippen molar-refractivity contribution in [2.75, 3.05) is 45.6 Å². The summed E-state index contributed by atoms with van der Waals surface area (Å²) in [5.41, 5.74) is 1.16. The first-order valence-corrected chi connectivity index (χ1v) is 10.8. The molecule has 7 heteroatoms. The molecule has 1 heterocycles. The number of likely N-dealkylation sites (N-methyl/N-ethyl adjacent to an activating group) is 1. The van der Waals surface area contributed by atoms with Crippen LogP contribution in [0.25, 0.3) is 0 Å². The van der Waals surface area contributed by atoms with Crippen molar-refractivity contribution in [1.82, 2.24) is 15.5 Å². The number of halogens is 1. The third kappa shape index (κ3) is 8.91. The Bertz CT molecular complexity index is 549. The minimum Gasteiger partial charge on any atom is -0.492 e. The molecule has 1 aromatic rings. The molecular weight excluding hydrogens is 471 g/mol. The molecule has 1 atom stereocenters. The average molecular weight is 506 g/mol. The van der Waals surface area contributed by atoms with Crippen LogP contribution in [0.5, 0.6) is 5.75 Å². The maximum absolute atomic E-state index is 6.03. The van der Waals surface area contributed by atoms with Gasteiger partial charge in [0, 0.05) is 37.5 Å². The second kappa shape index (κ2) is 14.3. The van der Waals surface area contributed by atoms with Crippen LogP contribution in [0.1, 0.15) is 32.3 Å². The van der Waals surface area contributed by atoms with E-state index in [0.29, 0.717) is 18.4 Å². The van der Waals surface area contributed by atoms with E-state index in [9.17, 15) is 0 Å². The number of nitrogens with one attached hydrogen (secondary N) is 2. The molecule has 1 aliphatic heterocycles. The lowest BCUT2D eigenvalue weighted by Crippen LogP contribution is -2.39. The lowest BCUT2D eigenvalue weighted by Gasteiger charge is -2.19. The lowest BCUT2D eigenvalue weighted by atomic mass is 10.2. The van der Waals surface area contributed by atoms with Crippen molar-refractivity contribution < 1.29 is 4.74 Å². The molecule has 0 aromatic heterocycles. The monoisotopic (exact) mass is 506 g/mol. The summed E-state index contributed by atoms with van der Waals surface area (Å²) in [5, 5.41) is 7.57. The first kappa shape index (κ1) is 24.4. The molecule has 1 fully saturated rings. The number of ether oxygens (including phenoxy) is 1. The summed E-state index contributed by atoms with van der Waals surface area (Å²) in [6.07, 6.45) is 2.64. The number of thioether (sulfide) groups is 1. The van der Waals surface area contributed by atoms with Gasteiger partial charge in [-0.05, 0) is 37.8 Å². The Morgan fingerprint density at radius 1 is 1.26 bits per heavy atom. The molecule has 154 valence electrons. The van der Waals surface area contributed by atoms with Gasteiger partial charge in [-0.2, -0.15) is 11.8 Å². The number of benzene rings is 1. The lowest BCUT2D eigenvalue weighted by molar-refractivity contribution is 0.221. The van der Waals surface area contributed by atoms with Gasteiger partial charge in [-0.3, -0.25) is 4.99 Å². The molecule has 1 aliphatic rings. The molecule has 1 unspecified atom stereocenters. The molecule has 0 saturated carbocycles. The van der Waals surface area contributed by atoms with E-state index in [-0.39, 0.29) is 24.0 Å². The topological polar surface area (TPSA) is 48.9 Å². The number of nitrogens with zero attached hydrogens (tertiary/aromatic N) is 2. The van der Waals surface area contributed by atoms with Crippen LogP contribution in [0.2, 0.25) is 0 Å². The summed E-state index contributed by atoms with van der Waals surface area (Å²) in [7, 11) is 1.82. The van der Waals surface area contributed by atoms with Crippen molar-refractivity contribution in [2.24, 2.45) is 4.99 Å². The van der Waals surface area contributed by atoms with E-state index in [2.05, 4.69) is 58.3 Å².